The fourth-order valence-electron chi connectivity index (χ4n) is 2.83. The van der Waals surface area contributed by atoms with Crippen LogP contribution < -0.4 is 14.8 Å². The predicted octanol–water partition coefficient (Wildman–Crippen LogP) is 2.85. The lowest BCUT2D eigenvalue weighted by Crippen LogP contribution is -2.30. The van der Waals surface area contributed by atoms with E-state index in [2.05, 4.69) is 6.07 Å². The molecule has 0 aliphatic heterocycles. The zero-order valence-electron chi connectivity index (χ0n) is 15.3. The van der Waals surface area contributed by atoms with Crippen molar-refractivity contribution in [3.8, 4) is 17.8 Å². The summed E-state index contributed by atoms with van der Waals surface area (Å²) in [6.45, 7) is 5.97. The summed E-state index contributed by atoms with van der Waals surface area (Å²) in [7, 11) is 0. The van der Waals surface area contributed by atoms with Crippen molar-refractivity contribution < 1.29 is 0 Å². The molecule has 0 N–H and O–H groups in total. The number of aryl methyl sites for hydroxylation is 3. The SMILES string of the molecule is Cc1ccc(-n2c(=C(C#N)C#N)s/c(=C/c3ccc(C)cc3C)c2=O)cc1. The third-order valence-electron chi connectivity index (χ3n) is 4.27. The first-order valence-corrected chi connectivity index (χ1v) is 9.18. The Morgan fingerprint density at radius 3 is 2.22 bits per heavy atom. The van der Waals surface area contributed by atoms with Crippen LogP contribution in [-0.2, 0) is 0 Å². The number of thiazole rings is 1. The molecule has 0 amide bonds. The quantitative estimate of drug-likeness (QED) is 0.695. The van der Waals surface area contributed by atoms with Gasteiger partial charge in [-0.3, -0.25) is 9.36 Å². The lowest BCUT2D eigenvalue weighted by molar-refractivity contribution is 0.986. The van der Waals surface area contributed by atoms with Gasteiger partial charge >= 0.3 is 0 Å². The molecule has 0 atom stereocenters. The van der Waals surface area contributed by atoms with E-state index in [1.807, 2.05) is 75.4 Å². The maximum Gasteiger partial charge on any atom is 0.273 e. The van der Waals surface area contributed by atoms with Crippen LogP contribution in [0.1, 0.15) is 22.3 Å². The summed E-state index contributed by atoms with van der Waals surface area (Å²) in [5.74, 6) is 0. The molecule has 0 bridgehead atoms. The zero-order chi connectivity index (χ0) is 19.6. The van der Waals surface area contributed by atoms with Gasteiger partial charge in [-0.05, 0) is 50.1 Å². The van der Waals surface area contributed by atoms with E-state index in [0.717, 1.165) is 33.6 Å². The van der Waals surface area contributed by atoms with Gasteiger partial charge in [0.15, 0.2) is 5.57 Å². The van der Waals surface area contributed by atoms with E-state index in [9.17, 15) is 15.3 Å². The Hall–Kier alpha value is -3.41. The molecule has 0 saturated heterocycles. The summed E-state index contributed by atoms with van der Waals surface area (Å²) in [4.78, 5) is 13.1. The van der Waals surface area contributed by atoms with Gasteiger partial charge in [-0.2, -0.15) is 10.5 Å². The lowest BCUT2D eigenvalue weighted by Gasteiger charge is -2.02. The normalized spacial score (nSPS) is 11.1. The molecule has 4 nitrogen and oxygen atoms in total. The molecule has 1 heterocycles. The van der Waals surface area contributed by atoms with Crippen molar-refractivity contribution in [2.75, 3.05) is 0 Å². The van der Waals surface area contributed by atoms with E-state index in [1.54, 1.807) is 0 Å². The molecule has 0 fully saturated rings. The fraction of sp³-hybridized carbons (Fsp3) is 0.136. The molecule has 5 heteroatoms. The van der Waals surface area contributed by atoms with Crippen LogP contribution in [0.15, 0.2) is 47.3 Å². The molecule has 0 unspecified atom stereocenters. The van der Waals surface area contributed by atoms with E-state index in [0.29, 0.717) is 14.9 Å². The fourth-order valence-corrected chi connectivity index (χ4v) is 3.87. The number of aromatic nitrogens is 1. The van der Waals surface area contributed by atoms with Crippen molar-refractivity contribution in [2.45, 2.75) is 20.8 Å². The Morgan fingerprint density at radius 1 is 1.00 bits per heavy atom. The molecule has 0 aliphatic rings. The Bertz CT molecular complexity index is 1260. The topological polar surface area (TPSA) is 69.6 Å². The summed E-state index contributed by atoms with van der Waals surface area (Å²) in [6, 6.07) is 17.3. The summed E-state index contributed by atoms with van der Waals surface area (Å²) in [5.41, 5.74) is 4.56. The molecule has 132 valence electrons. The highest BCUT2D eigenvalue weighted by Gasteiger charge is 2.11. The van der Waals surface area contributed by atoms with Crippen molar-refractivity contribution in [1.82, 2.24) is 4.57 Å². The van der Waals surface area contributed by atoms with Gasteiger partial charge in [0.05, 0.1) is 10.2 Å². The molecular weight excluding hydrogens is 354 g/mol. The highest BCUT2D eigenvalue weighted by molar-refractivity contribution is 7.07. The lowest BCUT2D eigenvalue weighted by atomic mass is 10.1. The van der Waals surface area contributed by atoms with Gasteiger partial charge in [0.2, 0.25) is 0 Å². The number of hydrogen-bond donors (Lipinski definition) is 0. The number of nitriles is 2. The second kappa shape index (κ2) is 7.45. The van der Waals surface area contributed by atoms with Crippen LogP contribution in [0.4, 0.5) is 0 Å². The minimum absolute atomic E-state index is 0.0713. The van der Waals surface area contributed by atoms with Gasteiger partial charge < -0.3 is 0 Å². The van der Waals surface area contributed by atoms with Crippen LogP contribution in [0.5, 0.6) is 0 Å². The summed E-state index contributed by atoms with van der Waals surface area (Å²) in [6.07, 6.45) is 1.82. The minimum Gasteiger partial charge on any atom is -0.267 e. The van der Waals surface area contributed by atoms with E-state index in [4.69, 9.17) is 0 Å². The van der Waals surface area contributed by atoms with Crippen LogP contribution in [-0.4, -0.2) is 4.57 Å². The van der Waals surface area contributed by atoms with Crippen molar-refractivity contribution in [2.24, 2.45) is 0 Å². The molecule has 3 rings (SSSR count). The summed E-state index contributed by atoms with van der Waals surface area (Å²) in [5, 5.41) is 18.7. The van der Waals surface area contributed by atoms with Gasteiger partial charge in [0.25, 0.3) is 5.56 Å². The first-order valence-electron chi connectivity index (χ1n) is 8.37. The van der Waals surface area contributed by atoms with Gasteiger partial charge in [0, 0.05) is 0 Å². The molecule has 2 aromatic carbocycles. The van der Waals surface area contributed by atoms with Gasteiger partial charge in [-0.15, -0.1) is 11.3 Å². The van der Waals surface area contributed by atoms with Gasteiger partial charge in [-0.1, -0.05) is 41.5 Å². The van der Waals surface area contributed by atoms with Crippen molar-refractivity contribution in [3.05, 3.63) is 84.3 Å². The van der Waals surface area contributed by atoms with E-state index in [1.165, 1.54) is 4.57 Å². The molecule has 3 aromatic rings. The zero-order valence-corrected chi connectivity index (χ0v) is 16.1. The largest absolute Gasteiger partial charge is 0.273 e. The van der Waals surface area contributed by atoms with E-state index in [-0.39, 0.29) is 11.1 Å². The smallest absolute Gasteiger partial charge is 0.267 e. The number of benzene rings is 2. The number of nitrogens with zero attached hydrogens (tertiary/aromatic N) is 3. The van der Waals surface area contributed by atoms with Crippen LogP contribution in [0.2, 0.25) is 0 Å². The molecule has 0 aliphatic carbocycles. The Morgan fingerprint density at radius 2 is 1.63 bits per heavy atom. The second-order valence-electron chi connectivity index (χ2n) is 6.35. The third-order valence-corrected chi connectivity index (χ3v) is 5.36. The first-order chi connectivity index (χ1) is 12.9. The third kappa shape index (κ3) is 3.60. The van der Waals surface area contributed by atoms with Crippen molar-refractivity contribution >= 4 is 23.0 Å². The van der Waals surface area contributed by atoms with Crippen LogP contribution in [0.25, 0.3) is 17.3 Å². The maximum absolute atomic E-state index is 13.1. The van der Waals surface area contributed by atoms with E-state index < -0.39 is 0 Å². The molecule has 1 aromatic heterocycles. The molecular formula is C22H17N3OS. The van der Waals surface area contributed by atoms with Crippen LogP contribution in [0, 0.1) is 43.4 Å². The van der Waals surface area contributed by atoms with Crippen molar-refractivity contribution in [3.63, 3.8) is 0 Å². The average molecular weight is 371 g/mol. The molecule has 27 heavy (non-hydrogen) atoms. The van der Waals surface area contributed by atoms with Gasteiger partial charge in [-0.25, -0.2) is 0 Å². The summed E-state index contributed by atoms with van der Waals surface area (Å²) >= 11 is 1.16. The van der Waals surface area contributed by atoms with Crippen LogP contribution in [0.3, 0.4) is 0 Å². The van der Waals surface area contributed by atoms with Crippen LogP contribution >= 0.6 is 11.3 Å². The molecule has 0 spiro atoms. The molecule has 0 radical (unpaired) electrons. The van der Waals surface area contributed by atoms with Crippen molar-refractivity contribution in [1.29, 1.82) is 10.5 Å². The minimum atomic E-state index is -0.234. The highest BCUT2D eigenvalue weighted by atomic mass is 32.1. The maximum atomic E-state index is 13.1. The number of rotatable bonds is 2. The Balaban J connectivity index is 2.39. The molecule has 0 saturated carbocycles. The Kier molecular flexibility index (Phi) is 5.07. The number of hydrogen-bond acceptors (Lipinski definition) is 4. The summed E-state index contributed by atoms with van der Waals surface area (Å²) < 4.78 is 2.28. The highest BCUT2D eigenvalue weighted by Crippen LogP contribution is 2.11. The predicted molar refractivity (Wildman–Crippen MR) is 108 cm³/mol. The van der Waals surface area contributed by atoms with Gasteiger partial charge in [0.1, 0.15) is 16.8 Å². The Labute approximate surface area is 161 Å². The first kappa shape index (κ1) is 18.4. The second-order valence-corrected chi connectivity index (χ2v) is 7.38. The monoisotopic (exact) mass is 371 g/mol. The van der Waals surface area contributed by atoms with E-state index >= 15 is 0 Å². The standard InChI is InChI=1S/C22H17N3OS/c1-14-5-8-19(9-6-14)25-21(26)20(27-22(25)18(12-23)13-24)11-17-7-4-15(2)10-16(17)3/h4-11H,1-3H3/b20-11+. The average Bonchev–Trinajstić information content (AvgIpc) is 2.96.